The van der Waals surface area contributed by atoms with E-state index in [-0.39, 0.29) is 16.0 Å². The predicted molar refractivity (Wildman–Crippen MR) is 80.4 cm³/mol. The molecule has 110 valence electrons. The van der Waals surface area contributed by atoms with Gasteiger partial charge in [0.1, 0.15) is 11.6 Å². The molecule has 1 N–H and O–H groups in total. The molecule has 1 aliphatic carbocycles. The van der Waals surface area contributed by atoms with Crippen LogP contribution in [0.4, 0.5) is 8.78 Å². The van der Waals surface area contributed by atoms with Crippen LogP contribution in [0.3, 0.4) is 0 Å². The number of benzene rings is 2. The van der Waals surface area contributed by atoms with E-state index in [0.717, 1.165) is 5.56 Å². The highest BCUT2D eigenvalue weighted by Crippen LogP contribution is 2.28. The van der Waals surface area contributed by atoms with E-state index in [1.54, 1.807) is 6.07 Å². The number of hydrogen-bond donors (Lipinski definition) is 1. The first kappa shape index (κ1) is 14.5. The van der Waals surface area contributed by atoms with Crippen molar-refractivity contribution in [2.45, 2.75) is 25.4 Å². The number of hydrogen-bond acceptors (Lipinski definition) is 2. The van der Waals surface area contributed by atoms with Crippen molar-refractivity contribution in [2.24, 2.45) is 0 Å². The first-order valence-corrected chi connectivity index (χ1v) is 7.56. The number of ether oxygens (including phenoxy) is 1. The van der Waals surface area contributed by atoms with E-state index in [4.69, 9.17) is 4.74 Å². The van der Waals surface area contributed by atoms with Crippen molar-refractivity contribution in [3.63, 3.8) is 0 Å². The summed E-state index contributed by atoms with van der Waals surface area (Å²) in [5.41, 5.74) is 0.882. The highest BCUT2D eigenvalue weighted by molar-refractivity contribution is 9.10. The molecule has 1 fully saturated rings. The second-order valence-corrected chi connectivity index (χ2v) is 5.95. The van der Waals surface area contributed by atoms with Crippen LogP contribution in [0, 0.1) is 11.6 Å². The van der Waals surface area contributed by atoms with Crippen molar-refractivity contribution in [3.05, 3.63) is 58.1 Å². The summed E-state index contributed by atoms with van der Waals surface area (Å²) < 4.78 is 32.9. The van der Waals surface area contributed by atoms with Crippen molar-refractivity contribution < 1.29 is 13.5 Å². The lowest BCUT2D eigenvalue weighted by atomic mass is 10.2. The SMILES string of the molecule is Fc1ccc(Oc2ccc(CNC3CC3)cc2F)cc1Br. The summed E-state index contributed by atoms with van der Waals surface area (Å²) in [7, 11) is 0. The summed E-state index contributed by atoms with van der Waals surface area (Å²) >= 11 is 3.07. The molecule has 0 aliphatic heterocycles. The molecule has 2 aromatic rings. The molecule has 5 heteroatoms. The van der Waals surface area contributed by atoms with Crippen LogP contribution in [0.25, 0.3) is 0 Å². The molecular formula is C16H14BrF2NO. The Morgan fingerprint density at radius 2 is 1.90 bits per heavy atom. The Hall–Kier alpha value is -1.46. The molecule has 0 saturated heterocycles. The van der Waals surface area contributed by atoms with Crippen LogP contribution < -0.4 is 10.1 Å². The van der Waals surface area contributed by atoms with E-state index in [2.05, 4.69) is 21.2 Å². The van der Waals surface area contributed by atoms with Gasteiger partial charge in [0, 0.05) is 12.6 Å². The fraction of sp³-hybridized carbons (Fsp3) is 0.250. The lowest BCUT2D eigenvalue weighted by Gasteiger charge is -2.09. The summed E-state index contributed by atoms with van der Waals surface area (Å²) in [6.45, 7) is 0.657. The minimum Gasteiger partial charge on any atom is -0.454 e. The maximum absolute atomic E-state index is 14.0. The molecule has 21 heavy (non-hydrogen) atoms. The van der Waals surface area contributed by atoms with Crippen LogP contribution in [0.2, 0.25) is 0 Å². The second kappa shape index (κ2) is 6.12. The maximum Gasteiger partial charge on any atom is 0.166 e. The zero-order valence-electron chi connectivity index (χ0n) is 11.2. The van der Waals surface area contributed by atoms with Crippen LogP contribution in [0.15, 0.2) is 40.9 Å². The number of nitrogens with one attached hydrogen (secondary N) is 1. The molecule has 0 aromatic heterocycles. The molecule has 2 aromatic carbocycles. The first-order valence-electron chi connectivity index (χ1n) is 6.76. The van der Waals surface area contributed by atoms with E-state index in [1.807, 2.05) is 6.07 Å². The second-order valence-electron chi connectivity index (χ2n) is 5.10. The van der Waals surface area contributed by atoms with Gasteiger partial charge in [0.25, 0.3) is 0 Å². The van der Waals surface area contributed by atoms with Crippen LogP contribution in [-0.4, -0.2) is 6.04 Å². The fourth-order valence-corrected chi connectivity index (χ4v) is 2.31. The minimum absolute atomic E-state index is 0.128. The van der Waals surface area contributed by atoms with Gasteiger partial charge in [-0.1, -0.05) is 6.07 Å². The van der Waals surface area contributed by atoms with Crippen LogP contribution in [-0.2, 0) is 6.54 Å². The Kier molecular flexibility index (Phi) is 4.22. The minimum atomic E-state index is -0.425. The molecular weight excluding hydrogens is 340 g/mol. The topological polar surface area (TPSA) is 21.3 Å². The van der Waals surface area contributed by atoms with Crippen molar-refractivity contribution in [3.8, 4) is 11.5 Å². The summed E-state index contributed by atoms with van der Waals surface area (Å²) in [5, 5.41) is 3.33. The van der Waals surface area contributed by atoms with Gasteiger partial charge in [-0.3, -0.25) is 0 Å². The zero-order chi connectivity index (χ0) is 14.8. The van der Waals surface area contributed by atoms with Crippen molar-refractivity contribution in [2.75, 3.05) is 0 Å². The lowest BCUT2D eigenvalue weighted by Crippen LogP contribution is -2.15. The van der Waals surface area contributed by atoms with Gasteiger partial charge in [-0.05, 0) is 64.7 Å². The average Bonchev–Trinajstić information content (AvgIpc) is 3.27. The van der Waals surface area contributed by atoms with Crippen LogP contribution in [0.1, 0.15) is 18.4 Å². The molecule has 3 rings (SSSR count). The third-order valence-corrected chi connectivity index (χ3v) is 3.90. The van der Waals surface area contributed by atoms with Gasteiger partial charge >= 0.3 is 0 Å². The monoisotopic (exact) mass is 353 g/mol. The van der Waals surface area contributed by atoms with Gasteiger partial charge in [-0.15, -0.1) is 0 Å². The Balaban J connectivity index is 1.70. The molecule has 0 atom stereocenters. The third-order valence-electron chi connectivity index (χ3n) is 3.29. The van der Waals surface area contributed by atoms with Crippen molar-refractivity contribution >= 4 is 15.9 Å². The van der Waals surface area contributed by atoms with E-state index in [9.17, 15) is 8.78 Å². The van der Waals surface area contributed by atoms with Crippen LogP contribution in [0.5, 0.6) is 11.5 Å². The highest BCUT2D eigenvalue weighted by atomic mass is 79.9. The molecule has 0 bridgehead atoms. The van der Waals surface area contributed by atoms with Crippen molar-refractivity contribution in [1.82, 2.24) is 5.32 Å². The first-order chi connectivity index (χ1) is 10.1. The Bertz CT molecular complexity index is 659. The quantitative estimate of drug-likeness (QED) is 0.835. The lowest BCUT2D eigenvalue weighted by molar-refractivity contribution is 0.440. The predicted octanol–water partition coefficient (Wildman–Crippen LogP) is 4.77. The van der Waals surface area contributed by atoms with E-state index < -0.39 is 5.82 Å². The summed E-state index contributed by atoms with van der Waals surface area (Å²) in [6.07, 6.45) is 2.40. The molecule has 0 unspecified atom stereocenters. The third kappa shape index (κ3) is 3.80. The van der Waals surface area contributed by atoms with Gasteiger partial charge in [-0.2, -0.15) is 0 Å². The summed E-state index contributed by atoms with van der Waals surface area (Å²) in [6, 6.07) is 9.66. The fourth-order valence-electron chi connectivity index (χ4n) is 1.95. The molecule has 0 radical (unpaired) electrons. The zero-order valence-corrected chi connectivity index (χ0v) is 12.8. The van der Waals surface area contributed by atoms with E-state index in [0.29, 0.717) is 18.3 Å². The highest BCUT2D eigenvalue weighted by Gasteiger charge is 2.20. The Labute approximate surface area is 130 Å². The molecule has 1 aliphatic rings. The van der Waals surface area contributed by atoms with Crippen molar-refractivity contribution in [1.29, 1.82) is 0 Å². The Morgan fingerprint density at radius 1 is 1.10 bits per heavy atom. The Morgan fingerprint density at radius 3 is 2.57 bits per heavy atom. The van der Waals surface area contributed by atoms with Gasteiger partial charge in [0.15, 0.2) is 11.6 Å². The van der Waals surface area contributed by atoms with Crippen LogP contribution >= 0.6 is 15.9 Å². The largest absolute Gasteiger partial charge is 0.454 e. The standard InChI is InChI=1S/C16H14BrF2NO/c17-13-8-12(4-5-14(13)18)21-16-6-1-10(7-15(16)19)9-20-11-2-3-11/h1,4-8,11,20H,2-3,9H2. The molecule has 0 heterocycles. The number of rotatable bonds is 5. The molecule has 0 spiro atoms. The average molecular weight is 354 g/mol. The molecule has 2 nitrogen and oxygen atoms in total. The van der Waals surface area contributed by atoms with Gasteiger partial charge in [-0.25, -0.2) is 8.78 Å². The van der Waals surface area contributed by atoms with E-state index in [1.165, 1.54) is 37.1 Å². The number of halogens is 3. The maximum atomic E-state index is 14.0. The molecule has 0 amide bonds. The molecule has 1 saturated carbocycles. The van der Waals surface area contributed by atoms with E-state index >= 15 is 0 Å². The van der Waals surface area contributed by atoms with Gasteiger partial charge < -0.3 is 10.1 Å². The van der Waals surface area contributed by atoms with Gasteiger partial charge in [0.2, 0.25) is 0 Å². The normalized spacial score (nSPS) is 14.2. The van der Waals surface area contributed by atoms with Gasteiger partial charge in [0.05, 0.1) is 4.47 Å². The smallest absolute Gasteiger partial charge is 0.166 e. The summed E-state index contributed by atoms with van der Waals surface area (Å²) in [4.78, 5) is 0. The summed E-state index contributed by atoms with van der Waals surface area (Å²) in [5.74, 6) is -0.301.